The highest BCUT2D eigenvalue weighted by molar-refractivity contribution is 5.75. The molecule has 5 heteroatoms. The molecule has 0 spiro atoms. The molecule has 1 fully saturated rings. The Morgan fingerprint density at radius 1 is 1.19 bits per heavy atom. The van der Waals surface area contributed by atoms with Gasteiger partial charge in [0.2, 0.25) is 5.95 Å². The number of anilines is 2. The van der Waals surface area contributed by atoms with Crippen LogP contribution in [0.3, 0.4) is 0 Å². The third-order valence-corrected chi connectivity index (χ3v) is 4.51. The Morgan fingerprint density at radius 3 is 2.81 bits per heavy atom. The molecule has 108 valence electrons. The Morgan fingerprint density at radius 2 is 2.00 bits per heavy atom. The average Bonchev–Trinajstić information content (AvgIpc) is 2.46. The van der Waals surface area contributed by atoms with Gasteiger partial charge in [0.25, 0.3) is 0 Å². The summed E-state index contributed by atoms with van der Waals surface area (Å²) in [5.74, 6) is 1.40. The van der Waals surface area contributed by atoms with E-state index in [0.29, 0.717) is 12.0 Å². The topological polar surface area (TPSA) is 67.1 Å². The van der Waals surface area contributed by atoms with E-state index in [2.05, 4.69) is 44.5 Å². The minimum atomic E-state index is 0.369. The summed E-state index contributed by atoms with van der Waals surface area (Å²) in [6, 6.07) is 9.01. The van der Waals surface area contributed by atoms with Crippen LogP contribution in [-0.4, -0.2) is 36.1 Å². The van der Waals surface area contributed by atoms with Crippen LogP contribution in [0.2, 0.25) is 0 Å². The van der Waals surface area contributed by atoms with E-state index in [1.165, 1.54) is 16.7 Å². The summed E-state index contributed by atoms with van der Waals surface area (Å²) in [5, 5.41) is 3.30. The molecule has 1 aliphatic heterocycles. The molecule has 2 aromatic rings. The lowest BCUT2D eigenvalue weighted by Crippen LogP contribution is -2.57. The zero-order valence-electron chi connectivity index (χ0n) is 12.1. The lowest BCUT2D eigenvalue weighted by molar-refractivity contribution is 0.446. The summed E-state index contributed by atoms with van der Waals surface area (Å²) in [4.78, 5) is 11.3. The van der Waals surface area contributed by atoms with Crippen LogP contribution in [0, 0.1) is 0 Å². The number of nitrogens with two attached hydrogens (primary N) is 1. The molecule has 0 saturated carbocycles. The molecule has 0 unspecified atom stereocenters. The van der Waals surface area contributed by atoms with Crippen molar-refractivity contribution in [3.05, 3.63) is 35.4 Å². The quantitative estimate of drug-likeness (QED) is 0.866. The van der Waals surface area contributed by atoms with Crippen LogP contribution >= 0.6 is 0 Å². The lowest BCUT2D eigenvalue weighted by Gasteiger charge is -2.41. The molecule has 21 heavy (non-hydrogen) atoms. The molecule has 1 aromatic carbocycles. The number of aryl methyl sites for hydroxylation is 1. The average molecular weight is 281 g/mol. The van der Waals surface area contributed by atoms with Crippen molar-refractivity contribution in [1.82, 2.24) is 15.3 Å². The highest BCUT2D eigenvalue weighted by Gasteiger charge is 2.31. The smallest absolute Gasteiger partial charge is 0.222 e. The predicted molar refractivity (Wildman–Crippen MR) is 84.3 cm³/mol. The first-order valence-corrected chi connectivity index (χ1v) is 7.43. The summed E-state index contributed by atoms with van der Waals surface area (Å²) >= 11 is 0. The number of nitrogens with zero attached hydrogens (tertiary/aromatic N) is 3. The molecule has 1 saturated heterocycles. The first-order valence-electron chi connectivity index (χ1n) is 7.43. The second-order valence-corrected chi connectivity index (χ2v) is 5.78. The SMILES string of the molecule is CNC1CN(c2nc(N)nc3c2CCc2ccccc2-3)C1. The van der Waals surface area contributed by atoms with Gasteiger partial charge in [-0.25, -0.2) is 4.98 Å². The maximum absolute atomic E-state index is 5.96. The van der Waals surface area contributed by atoms with Crippen molar-refractivity contribution in [2.45, 2.75) is 18.9 Å². The first kappa shape index (κ1) is 12.6. The molecule has 0 radical (unpaired) electrons. The van der Waals surface area contributed by atoms with Crippen molar-refractivity contribution in [2.24, 2.45) is 0 Å². The van der Waals surface area contributed by atoms with Crippen LogP contribution < -0.4 is 16.0 Å². The van der Waals surface area contributed by atoms with Crippen molar-refractivity contribution in [3.8, 4) is 11.3 Å². The number of hydrogen-bond acceptors (Lipinski definition) is 5. The zero-order valence-corrected chi connectivity index (χ0v) is 12.1. The summed E-state index contributed by atoms with van der Waals surface area (Å²) in [7, 11) is 2.00. The van der Waals surface area contributed by atoms with E-state index in [1.54, 1.807) is 0 Å². The number of fused-ring (bicyclic) bond motifs is 3. The van der Waals surface area contributed by atoms with Gasteiger partial charge in [0.1, 0.15) is 5.82 Å². The fourth-order valence-corrected chi connectivity index (χ4v) is 3.27. The minimum Gasteiger partial charge on any atom is -0.368 e. The van der Waals surface area contributed by atoms with Gasteiger partial charge in [-0.2, -0.15) is 4.98 Å². The number of hydrogen-bond donors (Lipinski definition) is 2. The van der Waals surface area contributed by atoms with Crippen LogP contribution in [-0.2, 0) is 12.8 Å². The molecule has 3 N–H and O–H groups in total. The normalized spacial score (nSPS) is 17.1. The third-order valence-electron chi connectivity index (χ3n) is 4.51. The summed E-state index contributed by atoms with van der Waals surface area (Å²) in [6.07, 6.45) is 2.04. The van der Waals surface area contributed by atoms with Gasteiger partial charge in [-0.3, -0.25) is 0 Å². The summed E-state index contributed by atoms with van der Waals surface area (Å²) in [5.41, 5.74) is 10.8. The molecule has 5 nitrogen and oxygen atoms in total. The monoisotopic (exact) mass is 281 g/mol. The fourth-order valence-electron chi connectivity index (χ4n) is 3.27. The van der Waals surface area contributed by atoms with Gasteiger partial charge in [0, 0.05) is 30.3 Å². The van der Waals surface area contributed by atoms with E-state index in [1.807, 2.05) is 7.05 Å². The van der Waals surface area contributed by atoms with Crippen molar-refractivity contribution < 1.29 is 0 Å². The van der Waals surface area contributed by atoms with Gasteiger partial charge in [0.05, 0.1) is 5.69 Å². The van der Waals surface area contributed by atoms with E-state index < -0.39 is 0 Å². The van der Waals surface area contributed by atoms with E-state index >= 15 is 0 Å². The van der Waals surface area contributed by atoms with Crippen LogP contribution in [0.25, 0.3) is 11.3 Å². The molecule has 2 aliphatic rings. The molecule has 4 rings (SSSR count). The van der Waals surface area contributed by atoms with Gasteiger partial charge in [-0.15, -0.1) is 0 Å². The van der Waals surface area contributed by atoms with Crippen LogP contribution in [0.1, 0.15) is 11.1 Å². The van der Waals surface area contributed by atoms with Gasteiger partial charge < -0.3 is 16.0 Å². The summed E-state index contributed by atoms with van der Waals surface area (Å²) < 4.78 is 0. The molecule has 0 amide bonds. The van der Waals surface area contributed by atoms with Gasteiger partial charge in [-0.1, -0.05) is 24.3 Å². The van der Waals surface area contributed by atoms with E-state index in [4.69, 9.17) is 5.73 Å². The lowest BCUT2D eigenvalue weighted by atomic mass is 9.88. The first-order chi connectivity index (χ1) is 10.3. The molecule has 0 bridgehead atoms. The van der Waals surface area contributed by atoms with Gasteiger partial charge >= 0.3 is 0 Å². The van der Waals surface area contributed by atoms with E-state index in [-0.39, 0.29) is 0 Å². The highest BCUT2D eigenvalue weighted by atomic mass is 15.3. The van der Waals surface area contributed by atoms with Gasteiger partial charge in [0.15, 0.2) is 0 Å². The predicted octanol–water partition coefficient (Wildman–Crippen LogP) is 1.23. The number of benzene rings is 1. The Hall–Kier alpha value is -2.14. The van der Waals surface area contributed by atoms with Crippen LogP contribution in [0.15, 0.2) is 24.3 Å². The van der Waals surface area contributed by atoms with Crippen LogP contribution in [0.4, 0.5) is 11.8 Å². The zero-order chi connectivity index (χ0) is 14.4. The molecular weight excluding hydrogens is 262 g/mol. The third kappa shape index (κ3) is 1.96. The molecule has 2 heterocycles. The number of likely N-dealkylation sites (N-methyl/N-ethyl adjacent to an activating group) is 1. The maximum atomic E-state index is 5.96. The second-order valence-electron chi connectivity index (χ2n) is 5.78. The Bertz CT molecular complexity index is 691. The number of nitrogens with one attached hydrogen (secondary N) is 1. The van der Waals surface area contributed by atoms with Crippen LogP contribution in [0.5, 0.6) is 0 Å². The Kier molecular flexibility index (Phi) is 2.82. The summed E-state index contributed by atoms with van der Waals surface area (Å²) in [6.45, 7) is 1.97. The van der Waals surface area contributed by atoms with Crippen molar-refractivity contribution in [2.75, 3.05) is 30.8 Å². The Labute approximate surface area is 124 Å². The standard InChI is InChI=1S/C16H19N5/c1-18-11-8-21(9-11)15-13-7-6-10-4-2-3-5-12(10)14(13)19-16(17)20-15/h2-5,11,18H,6-9H2,1H3,(H2,17,19,20). The molecule has 1 aliphatic carbocycles. The number of nitrogen functional groups attached to an aromatic ring is 1. The number of aromatic nitrogens is 2. The van der Waals surface area contributed by atoms with Crippen molar-refractivity contribution in [3.63, 3.8) is 0 Å². The second kappa shape index (κ2) is 4.70. The largest absolute Gasteiger partial charge is 0.368 e. The molecule has 1 aromatic heterocycles. The van der Waals surface area contributed by atoms with E-state index in [0.717, 1.165) is 37.4 Å². The van der Waals surface area contributed by atoms with Crippen molar-refractivity contribution in [1.29, 1.82) is 0 Å². The Balaban J connectivity index is 1.80. The maximum Gasteiger partial charge on any atom is 0.222 e. The highest BCUT2D eigenvalue weighted by Crippen LogP contribution is 2.37. The van der Waals surface area contributed by atoms with Gasteiger partial charge in [-0.05, 0) is 25.5 Å². The van der Waals surface area contributed by atoms with E-state index in [9.17, 15) is 0 Å². The fraction of sp³-hybridized carbons (Fsp3) is 0.375. The number of rotatable bonds is 2. The van der Waals surface area contributed by atoms with Crippen molar-refractivity contribution >= 4 is 11.8 Å². The minimum absolute atomic E-state index is 0.369. The molecule has 0 atom stereocenters. The molecular formula is C16H19N5.